The predicted molar refractivity (Wildman–Crippen MR) is 109 cm³/mol. The largest absolute Gasteiger partial charge is 0.219 e. The standard InChI is InChI=1S/C24H20O2S/c25-27(26,18-8-2-1-3-9-18)24-12-6-11-20-22-14-13-17-7-4-5-10-19(17)21(22)15-16-23(20)24/h1-5,7-10,12,15-16H,6,11,13-14H2. The van der Waals surface area contributed by atoms with E-state index >= 15 is 0 Å². The molecule has 0 spiro atoms. The summed E-state index contributed by atoms with van der Waals surface area (Å²) in [6, 6.07) is 21.4. The van der Waals surface area contributed by atoms with E-state index in [0.717, 1.165) is 31.2 Å². The van der Waals surface area contributed by atoms with E-state index in [0.29, 0.717) is 9.80 Å². The van der Waals surface area contributed by atoms with Gasteiger partial charge >= 0.3 is 0 Å². The summed E-state index contributed by atoms with van der Waals surface area (Å²) in [6.45, 7) is 0. The summed E-state index contributed by atoms with van der Waals surface area (Å²) in [5, 5.41) is 0. The van der Waals surface area contributed by atoms with Crippen molar-refractivity contribution in [3.63, 3.8) is 0 Å². The van der Waals surface area contributed by atoms with Gasteiger partial charge in [-0.25, -0.2) is 8.42 Å². The number of allylic oxidation sites excluding steroid dienone is 1. The Hall–Kier alpha value is -2.65. The normalized spacial score (nSPS) is 15.3. The fraction of sp³-hybridized carbons (Fsp3) is 0.167. The third-order valence-corrected chi connectivity index (χ3v) is 7.57. The smallest absolute Gasteiger partial charge is 0.206 e. The minimum absolute atomic E-state index is 0.368. The van der Waals surface area contributed by atoms with Crippen molar-refractivity contribution in [3.8, 4) is 11.1 Å². The van der Waals surface area contributed by atoms with Gasteiger partial charge in [-0.2, -0.15) is 0 Å². The second-order valence-electron chi connectivity index (χ2n) is 7.20. The molecular weight excluding hydrogens is 352 g/mol. The lowest BCUT2D eigenvalue weighted by Gasteiger charge is -2.27. The lowest BCUT2D eigenvalue weighted by atomic mass is 9.79. The summed E-state index contributed by atoms with van der Waals surface area (Å²) < 4.78 is 26.5. The molecule has 134 valence electrons. The van der Waals surface area contributed by atoms with Crippen LogP contribution in [0.3, 0.4) is 0 Å². The van der Waals surface area contributed by atoms with Crippen molar-refractivity contribution in [2.24, 2.45) is 0 Å². The summed E-state index contributed by atoms with van der Waals surface area (Å²) in [5.74, 6) is 0. The van der Waals surface area contributed by atoms with Gasteiger partial charge in [0.15, 0.2) is 0 Å². The van der Waals surface area contributed by atoms with Crippen LogP contribution < -0.4 is 0 Å². The second kappa shape index (κ2) is 6.21. The molecule has 0 saturated carbocycles. The van der Waals surface area contributed by atoms with Crippen LogP contribution in [0.2, 0.25) is 0 Å². The molecule has 0 aliphatic heterocycles. The Morgan fingerprint density at radius 3 is 2.19 bits per heavy atom. The van der Waals surface area contributed by atoms with Crippen LogP contribution in [0.5, 0.6) is 0 Å². The van der Waals surface area contributed by atoms with Gasteiger partial charge in [0.2, 0.25) is 9.84 Å². The van der Waals surface area contributed by atoms with E-state index in [4.69, 9.17) is 0 Å². The highest BCUT2D eigenvalue weighted by molar-refractivity contribution is 8.00. The fourth-order valence-electron chi connectivity index (χ4n) is 4.45. The zero-order valence-electron chi connectivity index (χ0n) is 15.0. The SMILES string of the molecule is O=S(=O)(C1=CCCc2c1ccc1c2CCc2ccccc2-1)c1ccccc1. The van der Waals surface area contributed by atoms with Crippen molar-refractivity contribution in [3.05, 3.63) is 95.1 Å². The second-order valence-corrected chi connectivity index (χ2v) is 9.12. The maximum atomic E-state index is 13.2. The van der Waals surface area contributed by atoms with Crippen molar-refractivity contribution in [1.82, 2.24) is 0 Å². The molecule has 0 aromatic heterocycles. The van der Waals surface area contributed by atoms with Crippen molar-refractivity contribution in [2.45, 2.75) is 30.6 Å². The highest BCUT2D eigenvalue weighted by Crippen LogP contribution is 2.42. The number of hydrogen-bond acceptors (Lipinski definition) is 2. The minimum atomic E-state index is -3.50. The van der Waals surface area contributed by atoms with E-state index < -0.39 is 9.84 Å². The Morgan fingerprint density at radius 2 is 1.33 bits per heavy atom. The van der Waals surface area contributed by atoms with E-state index in [-0.39, 0.29) is 0 Å². The van der Waals surface area contributed by atoms with Crippen LogP contribution in [-0.4, -0.2) is 8.42 Å². The maximum Gasteiger partial charge on any atom is 0.206 e. The van der Waals surface area contributed by atoms with Gasteiger partial charge in [0.1, 0.15) is 0 Å². The Balaban J connectivity index is 1.68. The summed E-state index contributed by atoms with van der Waals surface area (Å²) in [7, 11) is -3.50. The molecule has 2 nitrogen and oxygen atoms in total. The predicted octanol–water partition coefficient (Wildman–Crippen LogP) is 5.21. The number of hydrogen-bond donors (Lipinski definition) is 0. The molecular formula is C24H20O2S. The lowest BCUT2D eigenvalue weighted by Crippen LogP contribution is -2.14. The summed E-state index contributed by atoms with van der Waals surface area (Å²) in [5.41, 5.74) is 7.40. The van der Waals surface area contributed by atoms with Crippen LogP contribution in [0.25, 0.3) is 16.0 Å². The first-order valence-corrected chi connectivity index (χ1v) is 10.9. The molecule has 0 atom stereocenters. The monoisotopic (exact) mass is 372 g/mol. The average molecular weight is 372 g/mol. The molecule has 3 heteroatoms. The van der Waals surface area contributed by atoms with Crippen LogP contribution in [0.1, 0.15) is 28.7 Å². The molecule has 0 bridgehead atoms. The number of fused-ring (bicyclic) bond motifs is 5. The third-order valence-electron chi connectivity index (χ3n) is 5.72. The van der Waals surface area contributed by atoms with E-state index in [1.165, 1.54) is 27.8 Å². The molecule has 0 fully saturated rings. The first-order chi connectivity index (χ1) is 13.2. The molecule has 2 aliphatic carbocycles. The van der Waals surface area contributed by atoms with Gasteiger partial charge in [0, 0.05) is 0 Å². The quantitative estimate of drug-likeness (QED) is 0.618. The van der Waals surface area contributed by atoms with Gasteiger partial charge in [-0.1, -0.05) is 60.7 Å². The van der Waals surface area contributed by atoms with Crippen LogP contribution in [0.4, 0.5) is 0 Å². The van der Waals surface area contributed by atoms with Gasteiger partial charge in [-0.05, 0) is 71.2 Å². The molecule has 0 saturated heterocycles. The van der Waals surface area contributed by atoms with E-state index in [1.54, 1.807) is 24.3 Å². The van der Waals surface area contributed by atoms with E-state index in [1.807, 2.05) is 18.2 Å². The van der Waals surface area contributed by atoms with Gasteiger partial charge in [-0.3, -0.25) is 0 Å². The van der Waals surface area contributed by atoms with Gasteiger partial charge in [0.25, 0.3) is 0 Å². The van der Waals surface area contributed by atoms with Gasteiger partial charge in [-0.15, -0.1) is 0 Å². The molecule has 3 aromatic rings. The van der Waals surface area contributed by atoms with Gasteiger partial charge < -0.3 is 0 Å². The highest BCUT2D eigenvalue weighted by Gasteiger charge is 2.29. The lowest BCUT2D eigenvalue weighted by molar-refractivity contribution is 0.605. The third kappa shape index (κ3) is 2.57. The Labute approximate surface area is 160 Å². The van der Waals surface area contributed by atoms with Crippen molar-refractivity contribution in [2.75, 3.05) is 0 Å². The number of rotatable bonds is 2. The van der Waals surface area contributed by atoms with Crippen LogP contribution in [0.15, 0.2) is 77.7 Å². The Kier molecular flexibility index (Phi) is 3.80. The topological polar surface area (TPSA) is 34.1 Å². The number of benzene rings is 3. The molecule has 3 aromatic carbocycles. The molecule has 0 radical (unpaired) electrons. The molecule has 2 aliphatic rings. The van der Waals surface area contributed by atoms with E-state index in [2.05, 4.69) is 30.3 Å². The molecule has 27 heavy (non-hydrogen) atoms. The Morgan fingerprint density at radius 1 is 0.630 bits per heavy atom. The van der Waals surface area contributed by atoms with Crippen molar-refractivity contribution >= 4 is 14.7 Å². The van der Waals surface area contributed by atoms with Crippen LogP contribution in [0, 0.1) is 0 Å². The molecule has 0 unspecified atom stereocenters. The summed E-state index contributed by atoms with van der Waals surface area (Å²) in [6.07, 6.45) is 5.58. The van der Waals surface area contributed by atoms with Crippen molar-refractivity contribution in [1.29, 1.82) is 0 Å². The van der Waals surface area contributed by atoms with Gasteiger partial charge in [0.05, 0.1) is 9.80 Å². The first kappa shape index (κ1) is 16.5. The van der Waals surface area contributed by atoms with Crippen LogP contribution in [-0.2, 0) is 29.1 Å². The minimum Gasteiger partial charge on any atom is -0.219 e. The van der Waals surface area contributed by atoms with Crippen LogP contribution >= 0.6 is 0 Å². The van der Waals surface area contributed by atoms with Crippen molar-refractivity contribution < 1.29 is 8.42 Å². The summed E-state index contributed by atoms with van der Waals surface area (Å²) >= 11 is 0. The number of sulfone groups is 1. The number of aryl methyl sites for hydroxylation is 1. The Bertz CT molecular complexity index is 1170. The average Bonchev–Trinajstić information content (AvgIpc) is 2.73. The highest BCUT2D eigenvalue weighted by atomic mass is 32.2. The maximum absolute atomic E-state index is 13.2. The molecule has 5 rings (SSSR count). The molecule has 0 heterocycles. The van der Waals surface area contributed by atoms with E-state index in [9.17, 15) is 8.42 Å². The molecule has 0 N–H and O–H groups in total. The summed E-state index contributed by atoms with van der Waals surface area (Å²) in [4.78, 5) is 0.837. The fourth-order valence-corrected chi connectivity index (χ4v) is 6.03. The first-order valence-electron chi connectivity index (χ1n) is 9.40. The zero-order chi connectivity index (χ0) is 18.4. The zero-order valence-corrected chi connectivity index (χ0v) is 15.8. The molecule has 0 amide bonds.